The molecule has 0 saturated heterocycles. The second kappa shape index (κ2) is 9.06. The molecular formula is C18H29NO2. The number of methoxy groups -OCH3 is 1. The summed E-state index contributed by atoms with van der Waals surface area (Å²) in [6, 6.07) is 8.37. The standard InChI is InChI=1S/C18H29NO2/c1-3-9-19-12-17(14-21-13-15-7-8-15)10-16-5-4-6-18(11-16)20-2/h4-6,11,15,17,19H,3,7-10,12-14H2,1-2H3. The molecule has 0 aliphatic heterocycles. The molecule has 21 heavy (non-hydrogen) atoms. The first-order valence-electron chi connectivity index (χ1n) is 8.23. The Morgan fingerprint density at radius 3 is 2.90 bits per heavy atom. The number of hydrogen-bond donors (Lipinski definition) is 1. The van der Waals surface area contributed by atoms with Gasteiger partial charge in [0, 0.05) is 13.2 Å². The highest BCUT2D eigenvalue weighted by atomic mass is 16.5. The Bertz CT molecular complexity index is 404. The minimum Gasteiger partial charge on any atom is -0.497 e. The van der Waals surface area contributed by atoms with Crippen molar-refractivity contribution in [3.05, 3.63) is 29.8 Å². The molecule has 0 aromatic heterocycles. The molecule has 1 N–H and O–H groups in total. The van der Waals surface area contributed by atoms with Crippen molar-refractivity contribution in [3.63, 3.8) is 0 Å². The topological polar surface area (TPSA) is 30.5 Å². The Kier molecular flexibility index (Phi) is 7.04. The summed E-state index contributed by atoms with van der Waals surface area (Å²) in [6.45, 7) is 6.10. The van der Waals surface area contributed by atoms with Crippen LogP contribution in [0.5, 0.6) is 5.75 Å². The van der Waals surface area contributed by atoms with Crippen molar-refractivity contribution in [1.29, 1.82) is 0 Å². The van der Waals surface area contributed by atoms with E-state index in [1.54, 1.807) is 7.11 Å². The maximum absolute atomic E-state index is 5.91. The monoisotopic (exact) mass is 291 g/mol. The molecule has 1 aromatic carbocycles. The minimum atomic E-state index is 0.530. The average molecular weight is 291 g/mol. The van der Waals surface area contributed by atoms with E-state index in [0.717, 1.165) is 44.4 Å². The second-order valence-corrected chi connectivity index (χ2v) is 6.11. The summed E-state index contributed by atoms with van der Waals surface area (Å²) < 4.78 is 11.2. The van der Waals surface area contributed by atoms with Crippen molar-refractivity contribution in [2.75, 3.05) is 33.4 Å². The zero-order chi connectivity index (χ0) is 14.9. The van der Waals surface area contributed by atoms with Crippen LogP contribution in [0.1, 0.15) is 31.7 Å². The summed E-state index contributed by atoms with van der Waals surface area (Å²) in [6.07, 6.45) is 4.93. The summed E-state index contributed by atoms with van der Waals surface area (Å²) in [7, 11) is 1.72. The summed E-state index contributed by atoms with van der Waals surface area (Å²) >= 11 is 0. The molecule has 0 spiro atoms. The van der Waals surface area contributed by atoms with E-state index >= 15 is 0 Å². The van der Waals surface area contributed by atoms with Crippen LogP contribution in [0.15, 0.2) is 24.3 Å². The van der Waals surface area contributed by atoms with Gasteiger partial charge >= 0.3 is 0 Å². The third-order valence-electron chi connectivity index (χ3n) is 3.92. The maximum atomic E-state index is 5.91. The van der Waals surface area contributed by atoms with E-state index in [1.165, 1.54) is 24.8 Å². The lowest BCUT2D eigenvalue weighted by Crippen LogP contribution is -2.28. The van der Waals surface area contributed by atoms with Crippen LogP contribution in [0.3, 0.4) is 0 Å². The summed E-state index contributed by atoms with van der Waals surface area (Å²) in [5.41, 5.74) is 1.33. The van der Waals surface area contributed by atoms with Gasteiger partial charge in [-0.15, -0.1) is 0 Å². The molecule has 1 aliphatic carbocycles. The predicted molar refractivity (Wildman–Crippen MR) is 86.9 cm³/mol. The van der Waals surface area contributed by atoms with Crippen molar-refractivity contribution in [1.82, 2.24) is 5.32 Å². The number of benzene rings is 1. The molecular weight excluding hydrogens is 262 g/mol. The predicted octanol–water partition coefficient (Wildman–Crippen LogP) is 3.28. The Hall–Kier alpha value is -1.06. The Morgan fingerprint density at radius 2 is 2.19 bits per heavy atom. The van der Waals surface area contributed by atoms with Gasteiger partial charge in [-0.25, -0.2) is 0 Å². The molecule has 1 fully saturated rings. The molecule has 1 unspecified atom stereocenters. The fourth-order valence-electron chi connectivity index (χ4n) is 2.49. The van der Waals surface area contributed by atoms with E-state index in [0.29, 0.717) is 5.92 Å². The first-order chi connectivity index (χ1) is 10.3. The molecule has 118 valence electrons. The van der Waals surface area contributed by atoms with Gasteiger partial charge in [0.25, 0.3) is 0 Å². The van der Waals surface area contributed by atoms with Crippen molar-refractivity contribution in [2.24, 2.45) is 11.8 Å². The zero-order valence-corrected chi connectivity index (χ0v) is 13.4. The van der Waals surface area contributed by atoms with Crippen LogP contribution in [0.4, 0.5) is 0 Å². The van der Waals surface area contributed by atoms with Crippen molar-refractivity contribution >= 4 is 0 Å². The first kappa shape index (κ1) is 16.3. The molecule has 3 heteroatoms. The third kappa shape index (κ3) is 6.49. The Morgan fingerprint density at radius 1 is 1.33 bits per heavy atom. The quantitative estimate of drug-likeness (QED) is 0.635. The maximum Gasteiger partial charge on any atom is 0.119 e. The SMILES string of the molecule is CCCNCC(COCC1CC1)Cc1cccc(OC)c1. The molecule has 2 rings (SSSR count). The lowest BCUT2D eigenvalue weighted by Gasteiger charge is -2.18. The normalized spacial score (nSPS) is 15.9. The van der Waals surface area contributed by atoms with Crippen LogP contribution >= 0.6 is 0 Å². The van der Waals surface area contributed by atoms with Crippen LogP contribution in [-0.2, 0) is 11.2 Å². The highest BCUT2D eigenvalue weighted by Gasteiger charge is 2.22. The van der Waals surface area contributed by atoms with Gasteiger partial charge in [0.2, 0.25) is 0 Å². The second-order valence-electron chi connectivity index (χ2n) is 6.11. The fourth-order valence-corrected chi connectivity index (χ4v) is 2.49. The van der Waals surface area contributed by atoms with E-state index in [1.807, 2.05) is 6.07 Å². The largest absolute Gasteiger partial charge is 0.497 e. The van der Waals surface area contributed by atoms with Gasteiger partial charge in [0.1, 0.15) is 5.75 Å². The van der Waals surface area contributed by atoms with Gasteiger partial charge in [-0.3, -0.25) is 0 Å². The summed E-state index contributed by atoms with van der Waals surface area (Å²) in [5, 5.41) is 3.53. The lowest BCUT2D eigenvalue weighted by atomic mass is 9.99. The van der Waals surface area contributed by atoms with E-state index in [4.69, 9.17) is 9.47 Å². The van der Waals surface area contributed by atoms with Crippen molar-refractivity contribution < 1.29 is 9.47 Å². The Balaban J connectivity index is 1.82. The summed E-state index contributed by atoms with van der Waals surface area (Å²) in [4.78, 5) is 0. The molecule has 0 amide bonds. The smallest absolute Gasteiger partial charge is 0.119 e. The van der Waals surface area contributed by atoms with Crippen LogP contribution < -0.4 is 10.1 Å². The van der Waals surface area contributed by atoms with E-state index in [-0.39, 0.29) is 0 Å². The van der Waals surface area contributed by atoms with Gasteiger partial charge in [-0.2, -0.15) is 0 Å². The molecule has 1 aliphatic rings. The molecule has 1 atom stereocenters. The molecule has 0 heterocycles. The molecule has 3 nitrogen and oxygen atoms in total. The van der Waals surface area contributed by atoms with Gasteiger partial charge in [0.05, 0.1) is 13.7 Å². The Labute approximate surface area is 129 Å². The third-order valence-corrected chi connectivity index (χ3v) is 3.92. The van der Waals surface area contributed by atoms with Gasteiger partial charge in [-0.1, -0.05) is 19.1 Å². The molecule has 1 aromatic rings. The molecule has 0 bridgehead atoms. The van der Waals surface area contributed by atoms with Crippen molar-refractivity contribution in [2.45, 2.75) is 32.6 Å². The van der Waals surface area contributed by atoms with E-state index < -0.39 is 0 Å². The minimum absolute atomic E-state index is 0.530. The van der Waals surface area contributed by atoms with Gasteiger partial charge in [0.15, 0.2) is 0 Å². The highest BCUT2D eigenvalue weighted by Crippen LogP contribution is 2.29. The lowest BCUT2D eigenvalue weighted by molar-refractivity contribution is 0.0907. The van der Waals surface area contributed by atoms with E-state index in [2.05, 4.69) is 30.4 Å². The number of ether oxygens (including phenoxy) is 2. The molecule has 1 saturated carbocycles. The fraction of sp³-hybridized carbons (Fsp3) is 0.667. The summed E-state index contributed by atoms with van der Waals surface area (Å²) in [5.74, 6) is 2.31. The number of nitrogens with one attached hydrogen (secondary N) is 1. The van der Waals surface area contributed by atoms with Gasteiger partial charge in [-0.05, 0) is 61.8 Å². The number of rotatable bonds is 11. The highest BCUT2D eigenvalue weighted by molar-refractivity contribution is 5.28. The van der Waals surface area contributed by atoms with Crippen LogP contribution in [0.25, 0.3) is 0 Å². The van der Waals surface area contributed by atoms with Gasteiger partial charge < -0.3 is 14.8 Å². The van der Waals surface area contributed by atoms with Crippen molar-refractivity contribution in [3.8, 4) is 5.75 Å². The number of hydrogen-bond acceptors (Lipinski definition) is 3. The van der Waals surface area contributed by atoms with Crippen LogP contribution in [-0.4, -0.2) is 33.4 Å². The molecule has 0 radical (unpaired) electrons. The zero-order valence-electron chi connectivity index (χ0n) is 13.4. The van der Waals surface area contributed by atoms with Crippen LogP contribution in [0.2, 0.25) is 0 Å². The van der Waals surface area contributed by atoms with Crippen LogP contribution in [0, 0.1) is 11.8 Å². The average Bonchev–Trinajstić information content (AvgIpc) is 3.32. The first-order valence-corrected chi connectivity index (χ1v) is 8.23. The van der Waals surface area contributed by atoms with E-state index in [9.17, 15) is 0 Å².